The van der Waals surface area contributed by atoms with Crippen LogP contribution < -0.4 is 4.31 Å². The average molecular weight is 350 g/mol. The van der Waals surface area contributed by atoms with Gasteiger partial charge >= 0.3 is 0 Å². The van der Waals surface area contributed by atoms with E-state index in [1.165, 1.54) is 19.3 Å². The first-order valence-electron chi connectivity index (χ1n) is 6.11. The monoisotopic (exact) mass is 349 g/mol. The van der Waals surface area contributed by atoms with E-state index in [4.69, 9.17) is 22.1 Å². The number of sulfonamides is 1. The maximum absolute atomic E-state index is 11.2. The number of halogens is 1. The van der Waals surface area contributed by atoms with Crippen molar-refractivity contribution in [2.24, 2.45) is 0 Å². The number of hydrogen-bond donors (Lipinski definition) is 0. The van der Waals surface area contributed by atoms with E-state index in [1.54, 1.807) is 24.4 Å². The van der Waals surface area contributed by atoms with E-state index in [2.05, 4.69) is 9.97 Å². The minimum Gasteiger partial charge on any atom is -0.256 e. The number of hydrogen-bond acceptors (Lipinski definition) is 6. The van der Waals surface area contributed by atoms with Crippen LogP contribution in [0.4, 0.5) is 5.82 Å². The van der Waals surface area contributed by atoms with Crippen molar-refractivity contribution in [1.82, 2.24) is 9.97 Å². The van der Waals surface area contributed by atoms with Crippen LogP contribution in [0.3, 0.4) is 0 Å². The average Bonchev–Trinajstić information content (AvgIpc) is 2.54. The van der Waals surface area contributed by atoms with Gasteiger partial charge in [0.15, 0.2) is 5.82 Å². The van der Waals surface area contributed by atoms with Gasteiger partial charge in [-0.05, 0) is 24.3 Å². The molecule has 0 aliphatic heterocycles. The molecule has 0 unspecified atom stereocenters. The summed E-state index contributed by atoms with van der Waals surface area (Å²) in [5.74, 6) is 0.150. The summed E-state index contributed by atoms with van der Waals surface area (Å²) in [6.07, 6.45) is 4.05. The van der Waals surface area contributed by atoms with E-state index < -0.39 is 10.0 Å². The van der Waals surface area contributed by atoms with E-state index >= 15 is 0 Å². The van der Waals surface area contributed by atoms with Crippen LogP contribution in [-0.2, 0) is 10.0 Å². The van der Waals surface area contributed by atoms with Crippen molar-refractivity contribution in [2.75, 3.05) is 17.6 Å². The van der Waals surface area contributed by atoms with Crippen LogP contribution in [-0.4, -0.2) is 31.7 Å². The molecule has 0 radical (unpaired) electrons. The lowest BCUT2D eigenvalue weighted by atomic mass is 10.3. The maximum atomic E-state index is 11.2. The summed E-state index contributed by atoms with van der Waals surface area (Å²) in [6, 6.07) is 10.2. The van der Waals surface area contributed by atoms with Gasteiger partial charge in [-0.25, -0.2) is 18.4 Å². The van der Waals surface area contributed by atoms with Crippen molar-refractivity contribution in [1.29, 1.82) is 10.5 Å². The molecular weight excluding hydrogens is 338 g/mol. The Balaban J connectivity index is 0.000000253. The van der Waals surface area contributed by atoms with Crippen LogP contribution in [0.5, 0.6) is 0 Å². The van der Waals surface area contributed by atoms with Gasteiger partial charge in [-0.1, -0.05) is 11.6 Å². The molecule has 0 bridgehead atoms. The Morgan fingerprint density at radius 2 is 1.61 bits per heavy atom. The Labute approximate surface area is 139 Å². The van der Waals surface area contributed by atoms with Crippen molar-refractivity contribution in [3.05, 3.63) is 52.9 Å². The second-order valence-corrected chi connectivity index (χ2v) is 6.54. The largest absolute Gasteiger partial charge is 0.256 e. The molecule has 0 atom stereocenters. The number of nitrogens with zero attached hydrogens (tertiary/aromatic N) is 5. The lowest BCUT2D eigenvalue weighted by Crippen LogP contribution is -2.26. The number of rotatable bonds is 2. The van der Waals surface area contributed by atoms with Gasteiger partial charge in [-0.3, -0.25) is 4.31 Å². The highest BCUT2D eigenvalue weighted by molar-refractivity contribution is 7.92. The van der Waals surface area contributed by atoms with Crippen molar-refractivity contribution < 1.29 is 8.42 Å². The highest BCUT2D eigenvalue weighted by Gasteiger charge is 2.16. The molecule has 2 aromatic rings. The molecule has 118 valence electrons. The molecule has 0 amide bonds. The fourth-order valence-electron chi connectivity index (χ4n) is 1.36. The summed E-state index contributed by atoms with van der Waals surface area (Å²) >= 11 is 5.49. The number of aromatic nitrogens is 2. The van der Waals surface area contributed by atoms with E-state index in [9.17, 15) is 8.42 Å². The summed E-state index contributed by atoms with van der Waals surface area (Å²) in [5.41, 5.74) is 0.652. The zero-order valence-electron chi connectivity index (χ0n) is 12.3. The molecule has 2 heterocycles. The smallest absolute Gasteiger partial charge is 0.233 e. The molecule has 0 aliphatic carbocycles. The van der Waals surface area contributed by atoms with Crippen molar-refractivity contribution in [2.45, 2.75) is 0 Å². The molecule has 9 heteroatoms. The molecule has 0 saturated carbocycles. The van der Waals surface area contributed by atoms with E-state index in [0.717, 1.165) is 10.6 Å². The standard InChI is InChI=1S/C8H9N3O2S.C6H3ClN2/c1-11(14(2,12)13)8-7(6-9)4-3-5-10-8;7-6-5(4-8)2-1-3-9-6/h3-5H,1-2H3;1-3H. The third-order valence-electron chi connectivity index (χ3n) is 2.58. The summed E-state index contributed by atoms with van der Waals surface area (Å²) in [5, 5.41) is 17.3. The zero-order valence-corrected chi connectivity index (χ0v) is 13.9. The third kappa shape index (κ3) is 5.22. The minimum absolute atomic E-state index is 0.150. The van der Waals surface area contributed by atoms with Crippen LogP contribution in [0.1, 0.15) is 11.1 Å². The van der Waals surface area contributed by atoms with Crippen LogP contribution in [0, 0.1) is 22.7 Å². The molecule has 0 saturated heterocycles. The third-order valence-corrected chi connectivity index (χ3v) is 4.05. The van der Waals surface area contributed by atoms with Crippen LogP contribution >= 0.6 is 11.6 Å². The zero-order chi connectivity index (χ0) is 17.5. The van der Waals surface area contributed by atoms with Gasteiger partial charge in [-0.15, -0.1) is 0 Å². The van der Waals surface area contributed by atoms with E-state index in [-0.39, 0.29) is 16.5 Å². The molecule has 0 spiro atoms. The van der Waals surface area contributed by atoms with Gasteiger partial charge < -0.3 is 0 Å². The predicted octanol–water partition coefficient (Wildman–Crippen LogP) is 1.96. The lowest BCUT2D eigenvalue weighted by molar-refractivity contribution is 0.600. The molecule has 7 nitrogen and oxygen atoms in total. The number of pyridine rings is 2. The van der Waals surface area contributed by atoms with Gasteiger partial charge in [0.2, 0.25) is 10.0 Å². The van der Waals surface area contributed by atoms with Gasteiger partial charge in [0.1, 0.15) is 17.3 Å². The van der Waals surface area contributed by atoms with Crippen molar-refractivity contribution in [3.63, 3.8) is 0 Å². The maximum Gasteiger partial charge on any atom is 0.233 e. The Bertz CT molecular complexity index is 871. The summed E-state index contributed by atoms with van der Waals surface area (Å²) in [6.45, 7) is 0. The highest BCUT2D eigenvalue weighted by atomic mass is 35.5. The summed E-state index contributed by atoms with van der Waals surface area (Å²) in [7, 11) is -2.01. The van der Waals surface area contributed by atoms with Crippen molar-refractivity contribution >= 4 is 27.4 Å². The van der Waals surface area contributed by atoms with Gasteiger partial charge in [0.05, 0.1) is 17.4 Å². The molecule has 2 aromatic heterocycles. The SMILES string of the molecule is CN(c1ncccc1C#N)S(C)(=O)=O.N#Cc1cccnc1Cl. The van der Waals surface area contributed by atoms with Gasteiger partial charge in [0.25, 0.3) is 0 Å². The fourth-order valence-corrected chi connectivity index (χ4v) is 1.98. The second kappa shape index (κ2) is 8.08. The van der Waals surface area contributed by atoms with E-state index in [0.29, 0.717) is 5.56 Å². The number of anilines is 1. The summed E-state index contributed by atoms with van der Waals surface area (Å²) in [4.78, 5) is 7.53. The molecule has 0 N–H and O–H groups in total. The normalized spacial score (nSPS) is 9.78. The molecule has 0 aliphatic rings. The molecule has 23 heavy (non-hydrogen) atoms. The number of nitriles is 2. The molecule has 0 fully saturated rings. The van der Waals surface area contributed by atoms with Crippen LogP contribution in [0.25, 0.3) is 0 Å². The van der Waals surface area contributed by atoms with Crippen LogP contribution in [0.2, 0.25) is 5.15 Å². The quantitative estimate of drug-likeness (QED) is 0.766. The topological polar surface area (TPSA) is 111 Å². The Kier molecular flexibility index (Phi) is 6.46. The van der Waals surface area contributed by atoms with Gasteiger partial charge in [0, 0.05) is 19.4 Å². The molecule has 0 aromatic carbocycles. The first-order valence-corrected chi connectivity index (χ1v) is 8.33. The Morgan fingerprint density at radius 1 is 1.09 bits per heavy atom. The first-order chi connectivity index (χ1) is 10.8. The highest BCUT2D eigenvalue weighted by Crippen LogP contribution is 2.16. The first kappa shape index (κ1) is 18.4. The van der Waals surface area contributed by atoms with E-state index in [1.807, 2.05) is 12.1 Å². The van der Waals surface area contributed by atoms with Crippen LogP contribution in [0.15, 0.2) is 36.7 Å². The Hall–Kier alpha value is -2.68. The predicted molar refractivity (Wildman–Crippen MR) is 86.2 cm³/mol. The van der Waals surface area contributed by atoms with Gasteiger partial charge in [-0.2, -0.15) is 10.5 Å². The fraction of sp³-hybridized carbons (Fsp3) is 0.143. The summed E-state index contributed by atoms with van der Waals surface area (Å²) < 4.78 is 23.3. The molecule has 2 rings (SSSR count). The Morgan fingerprint density at radius 3 is 2.04 bits per heavy atom. The minimum atomic E-state index is -3.37. The second-order valence-electron chi connectivity index (χ2n) is 4.17. The molecular formula is C14H12ClN5O2S. The van der Waals surface area contributed by atoms with Crippen molar-refractivity contribution in [3.8, 4) is 12.1 Å². The lowest BCUT2D eigenvalue weighted by Gasteiger charge is -2.15.